The van der Waals surface area contributed by atoms with Gasteiger partial charge in [0, 0.05) is 0 Å². The van der Waals surface area contributed by atoms with Crippen molar-refractivity contribution in [1.82, 2.24) is 4.90 Å². The Morgan fingerprint density at radius 3 is 1.48 bits per heavy atom. The lowest BCUT2D eigenvalue weighted by Crippen LogP contribution is -2.62. The molecule has 1 heterocycles. The highest BCUT2D eigenvalue weighted by Crippen LogP contribution is 2.22. The summed E-state index contributed by atoms with van der Waals surface area (Å²) in [6, 6.07) is 21.4. The Labute approximate surface area is 129 Å². The Bertz CT molecular complexity index is 545. The molecule has 2 aromatic carbocycles. The van der Waals surface area contributed by atoms with Crippen molar-refractivity contribution >= 4 is 18.4 Å². The minimum Gasteiger partial charge on any atom is -0.307 e. The van der Waals surface area contributed by atoms with Gasteiger partial charge in [-0.05, 0) is 46.1 Å². The molecule has 1 aliphatic heterocycles. The predicted molar refractivity (Wildman–Crippen MR) is 94.5 cm³/mol. The molecular weight excluding hydrogens is 270 g/mol. The van der Waals surface area contributed by atoms with Crippen LogP contribution < -0.4 is 10.4 Å². The Balaban J connectivity index is 2.06. The van der Waals surface area contributed by atoms with Gasteiger partial charge in [-0.1, -0.05) is 70.0 Å². The second-order valence-electron chi connectivity index (χ2n) is 6.62. The van der Waals surface area contributed by atoms with Crippen LogP contribution in [-0.2, 0) is 0 Å². The largest absolute Gasteiger partial charge is 0.307 e. The molecule has 2 aromatic rings. The van der Waals surface area contributed by atoms with Crippen LogP contribution in [-0.4, -0.2) is 33.1 Å². The summed E-state index contributed by atoms with van der Waals surface area (Å²) in [6.45, 7) is 6.82. The zero-order chi connectivity index (χ0) is 14.9. The summed E-state index contributed by atoms with van der Waals surface area (Å²) >= 11 is 0. The summed E-state index contributed by atoms with van der Waals surface area (Å²) in [4.78, 5) is 2.48. The third-order valence-electron chi connectivity index (χ3n) is 5.05. The van der Waals surface area contributed by atoms with E-state index in [1.807, 2.05) is 0 Å². The molecule has 21 heavy (non-hydrogen) atoms. The maximum Gasteiger partial charge on any atom is 0.120 e. The Hall–Kier alpha value is -1.38. The molecule has 2 heteroatoms. The lowest BCUT2D eigenvalue weighted by atomic mass is 10.2. The van der Waals surface area contributed by atoms with Crippen LogP contribution in [0.4, 0.5) is 0 Å². The number of hydrogen-bond donors (Lipinski definition) is 0. The topological polar surface area (TPSA) is 3.24 Å². The van der Waals surface area contributed by atoms with Crippen LogP contribution in [0.2, 0.25) is 12.1 Å². The second-order valence-corrected chi connectivity index (χ2v) is 10.9. The van der Waals surface area contributed by atoms with Crippen molar-refractivity contribution in [2.24, 2.45) is 0 Å². The predicted octanol–water partition coefficient (Wildman–Crippen LogP) is 2.81. The van der Waals surface area contributed by atoms with Crippen LogP contribution in [0.15, 0.2) is 48.5 Å². The van der Waals surface area contributed by atoms with Crippen molar-refractivity contribution in [3.8, 4) is 0 Å². The van der Waals surface area contributed by atoms with E-state index in [4.69, 9.17) is 0 Å². The molecule has 1 nitrogen and oxygen atoms in total. The number of rotatable bonds is 2. The molecule has 0 radical (unpaired) electrons. The van der Waals surface area contributed by atoms with E-state index < -0.39 is 8.07 Å². The molecule has 1 aliphatic rings. The molecule has 0 bridgehead atoms. The molecule has 110 valence electrons. The number of benzene rings is 2. The molecule has 1 saturated heterocycles. The monoisotopic (exact) mass is 295 g/mol. The zero-order valence-electron chi connectivity index (χ0n) is 13.4. The summed E-state index contributed by atoms with van der Waals surface area (Å²) in [5.41, 5.74) is 2.72. The fourth-order valence-electron chi connectivity index (χ4n) is 3.49. The van der Waals surface area contributed by atoms with Gasteiger partial charge in [-0.15, -0.1) is 0 Å². The summed E-state index contributed by atoms with van der Waals surface area (Å²) in [7, 11) is 0.688. The number of nitrogens with zero attached hydrogens (tertiary/aromatic N) is 1. The van der Waals surface area contributed by atoms with Gasteiger partial charge in [-0.2, -0.15) is 0 Å². The fraction of sp³-hybridized carbons (Fsp3) is 0.368. The normalized spacial score (nSPS) is 18.6. The third kappa shape index (κ3) is 2.83. The van der Waals surface area contributed by atoms with E-state index in [0.29, 0.717) is 0 Å². The fourth-order valence-corrected chi connectivity index (χ4v) is 8.36. The van der Waals surface area contributed by atoms with Crippen molar-refractivity contribution in [1.29, 1.82) is 0 Å². The van der Waals surface area contributed by atoms with E-state index in [-0.39, 0.29) is 0 Å². The van der Waals surface area contributed by atoms with Crippen LogP contribution in [0.5, 0.6) is 0 Å². The van der Waals surface area contributed by atoms with Gasteiger partial charge in [-0.25, -0.2) is 0 Å². The van der Waals surface area contributed by atoms with Gasteiger partial charge < -0.3 is 4.90 Å². The van der Waals surface area contributed by atoms with E-state index >= 15 is 0 Å². The van der Waals surface area contributed by atoms with E-state index in [1.54, 1.807) is 10.4 Å². The van der Waals surface area contributed by atoms with Crippen molar-refractivity contribution in [3.63, 3.8) is 0 Å². The quantitative estimate of drug-likeness (QED) is 0.770. The van der Waals surface area contributed by atoms with E-state index in [2.05, 4.69) is 74.3 Å². The van der Waals surface area contributed by atoms with Crippen molar-refractivity contribution in [3.05, 3.63) is 59.7 Å². The molecule has 3 rings (SSSR count). The average molecular weight is 296 g/mol. The van der Waals surface area contributed by atoms with Gasteiger partial charge in [-0.3, -0.25) is 0 Å². The van der Waals surface area contributed by atoms with Crippen molar-refractivity contribution < 1.29 is 0 Å². The van der Waals surface area contributed by atoms with E-state index in [1.165, 1.54) is 36.3 Å². The van der Waals surface area contributed by atoms with Crippen molar-refractivity contribution in [2.75, 3.05) is 20.1 Å². The van der Waals surface area contributed by atoms with Crippen LogP contribution in [0.25, 0.3) is 0 Å². The Morgan fingerprint density at radius 2 is 1.10 bits per heavy atom. The SMILES string of the molecule is Cc1ccc([Si]2(c3ccc(C)cc3)CCN(C)CC2)cc1. The molecule has 0 saturated carbocycles. The van der Waals surface area contributed by atoms with Gasteiger partial charge >= 0.3 is 0 Å². The first kappa shape index (κ1) is 14.5. The van der Waals surface area contributed by atoms with Gasteiger partial charge in [0.2, 0.25) is 0 Å². The molecule has 0 N–H and O–H groups in total. The van der Waals surface area contributed by atoms with Crippen LogP contribution in [0, 0.1) is 13.8 Å². The molecule has 0 spiro atoms. The summed E-state index contributed by atoms with van der Waals surface area (Å²) in [5, 5.41) is 3.23. The summed E-state index contributed by atoms with van der Waals surface area (Å²) in [6.07, 6.45) is 0. The molecule has 0 aliphatic carbocycles. The molecule has 0 aromatic heterocycles. The standard InChI is InChI=1S/C19H25NSi/c1-16-4-8-18(9-5-16)21(14-12-20(3)13-15-21)19-10-6-17(2)7-11-19/h4-11H,12-15H2,1-3H3. The second kappa shape index (κ2) is 5.78. The minimum atomic E-state index is -1.56. The molecule has 0 atom stereocenters. The molecule has 0 unspecified atom stereocenters. The smallest absolute Gasteiger partial charge is 0.120 e. The minimum absolute atomic E-state index is 1.23. The third-order valence-corrected chi connectivity index (χ3v) is 10.1. The first-order valence-corrected chi connectivity index (χ1v) is 10.3. The van der Waals surface area contributed by atoms with Gasteiger partial charge in [0.05, 0.1) is 0 Å². The highest BCUT2D eigenvalue weighted by atomic mass is 28.3. The highest BCUT2D eigenvalue weighted by Gasteiger charge is 2.39. The highest BCUT2D eigenvalue weighted by molar-refractivity contribution is 7.02. The maximum absolute atomic E-state index is 2.48. The number of aryl methyl sites for hydroxylation is 2. The summed E-state index contributed by atoms with van der Waals surface area (Å²) < 4.78 is 0. The average Bonchev–Trinajstić information content (AvgIpc) is 2.50. The lowest BCUT2D eigenvalue weighted by molar-refractivity contribution is 0.357. The lowest BCUT2D eigenvalue weighted by Gasteiger charge is -2.40. The first-order valence-electron chi connectivity index (χ1n) is 7.93. The maximum atomic E-state index is 2.48. The van der Waals surface area contributed by atoms with E-state index in [9.17, 15) is 0 Å². The number of hydrogen-bond acceptors (Lipinski definition) is 1. The molecular formula is C19H25NSi. The van der Waals surface area contributed by atoms with Crippen LogP contribution in [0.1, 0.15) is 11.1 Å². The van der Waals surface area contributed by atoms with Crippen LogP contribution >= 0.6 is 0 Å². The first-order chi connectivity index (χ1) is 10.1. The molecule has 1 fully saturated rings. The van der Waals surface area contributed by atoms with E-state index in [0.717, 1.165) is 0 Å². The molecule has 0 amide bonds. The summed E-state index contributed by atoms with van der Waals surface area (Å²) in [5.74, 6) is 0. The van der Waals surface area contributed by atoms with Gasteiger partial charge in [0.1, 0.15) is 8.07 Å². The zero-order valence-corrected chi connectivity index (χ0v) is 14.4. The van der Waals surface area contributed by atoms with Gasteiger partial charge in [0.15, 0.2) is 0 Å². The Morgan fingerprint density at radius 1 is 0.714 bits per heavy atom. The van der Waals surface area contributed by atoms with Crippen LogP contribution in [0.3, 0.4) is 0 Å². The van der Waals surface area contributed by atoms with Crippen molar-refractivity contribution in [2.45, 2.75) is 25.9 Å². The van der Waals surface area contributed by atoms with Gasteiger partial charge in [0.25, 0.3) is 0 Å². The Kier molecular flexibility index (Phi) is 4.00.